The highest BCUT2D eigenvalue weighted by Crippen LogP contribution is 2.42. The lowest BCUT2D eigenvalue weighted by Crippen LogP contribution is -2.77. The molecular weight excluding hydrogens is 206 g/mol. The van der Waals surface area contributed by atoms with Crippen LogP contribution in [0.1, 0.15) is 0 Å². The first-order chi connectivity index (χ1) is 6.91. The summed E-state index contributed by atoms with van der Waals surface area (Å²) in [5.41, 5.74) is -1.99. The lowest BCUT2D eigenvalue weighted by Gasteiger charge is -2.55. The van der Waals surface area contributed by atoms with E-state index in [9.17, 15) is 20.4 Å². The molecule has 1 saturated carbocycles. The molecule has 1 rings (SSSR count). The van der Waals surface area contributed by atoms with Gasteiger partial charge in [-0.15, -0.1) is 0 Å². The van der Waals surface area contributed by atoms with Crippen LogP contribution < -0.4 is 0 Å². The van der Waals surface area contributed by atoms with Gasteiger partial charge < -0.3 is 25.5 Å². The maximum atomic E-state index is 9.94. The zero-order valence-corrected chi connectivity index (χ0v) is 8.61. The number of hydrogen-bond acceptors (Lipinski definition) is 7. The average Bonchev–Trinajstić information content (AvgIpc) is 2.26. The van der Waals surface area contributed by atoms with E-state index >= 15 is 0 Å². The lowest BCUT2D eigenvalue weighted by molar-refractivity contribution is -0.356. The summed E-state index contributed by atoms with van der Waals surface area (Å²) in [6.45, 7) is -0.538. The van der Waals surface area contributed by atoms with Gasteiger partial charge >= 0.3 is 0 Å². The molecule has 0 aromatic heterocycles. The molecule has 15 heavy (non-hydrogen) atoms. The first kappa shape index (κ1) is 12.8. The van der Waals surface area contributed by atoms with Crippen molar-refractivity contribution in [2.75, 3.05) is 20.8 Å². The Hall–Kier alpha value is -0.280. The summed E-state index contributed by atoms with van der Waals surface area (Å²) in [7, 11) is 2.64. The fraction of sp³-hybridized carbons (Fsp3) is 1.00. The molecule has 7 nitrogen and oxygen atoms in total. The van der Waals surface area contributed by atoms with Crippen molar-refractivity contribution in [2.45, 2.75) is 24.0 Å². The molecule has 0 heterocycles. The summed E-state index contributed by atoms with van der Waals surface area (Å²) in [4.78, 5) is 4.66. The average molecular weight is 223 g/mol. The Morgan fingerprint density at radius 1 is 1.47 bits per heavy atom. The van der Waals surface area contributed by atoms with E-state index in [0.717, 1.165) is 5.06 Å². The molecule has 0 spiro atoms. The van der Waals surface area contributed by atoms with Crippen LogP contribution in [0.5, 0.6) is 0 Å². The summed E-state index contributed by atoms with van der Waals surface area (Å²) in [5.74, 6) is -1.000. The van der Waals surface area contributed by atoms with E-state index in [2.05, 4.69) is 4.84 Å². The first-order valence-electron chi connectivity index (χ1n) is 4.55. The van der Waals surface area contributed by atoms with Crippen molar-refractivity contribution in [3.63, 3.8) is 0 Å². The first-order valence-corrected chi connectivity index (χ1v) is 4.55. The summed E-state index contributed by atoms with van der Waals surface area (Å²) < 4.78 is 0. The Morgan fingerprint density at radius 3 is 2.40 bits per heavy atom. The number of likely N-dealkylation sites (N-methyl/N-ethyl adjacent to an activating group) is 1. The van der Waals surface area contributed by atoms with E-state index in [-0.39, 0.29) is 0 Å². The molecule has 0 amide bonds. The van der Waals surface area contributed by atoms with E-state index in [4.69, 9.17) is 5.11 Å². The van der Waals surface area contributed by atoms with Crippen LogP contribution in [0.2, 0.25) is 0 Å². The minimum atomic E-state index is -1.99. The summed E-state index contributed by atoms with van der Waals surface area (Å²) in [6, 6.07) is 0. The van der Waals surface area contributed by atoms with E-state index in [0.29, 0.717) is 0 Å². The molecule has 0 bridgehead atoms. The monoisotopic (exact) mass is 223 g/mol. The van der Waals surface area contributed by atoms with E-state index in [1.54, 1.807) is 0 Å². The van der Waals surface area contributed by atoms with E-state index in [1.165, 1.54) is 14.2 Å². The molecular formula is C8H17NO6. The van der Waals surface area contributed by atoms with Crippen LogP contribution in [-0.2, 0) is 4.84 Å². The summed E-state index contributed by atoms with van der Waals surface area (Å²) in [6.07, 6.45) is -4.29. The summed E-state index contributed by atoms with van der Waals surface area (Å²) in [5, 5.41) is 48.1. The molecule has 90 valence electrons. The van der Waals surface area contributed by atoms with Gasteiger partial charge in [0, 0.05) is 13.0 Å². The quantitative estimate of drug-likeness (QED) is 0.253. The summed E-state index contributed by atoms with van der Waals surface area (Å²) >= 11 is 0. The highest BCUT2D eigenvalue weighted by atomic mass is 16.7. The maximum Gasteiger partial charge on any atom is 0.161 e. The number of rotatable bonds is 4. The van der Waals surface area contributed by atoms with E-state index in [1.807, 2.05) is 0 Å². The fourth-order valence-corrected chi connectivity index (χ4v) is 1.86. The molecule has 5 N–H and O–H groups in total. The third-order valence-corrected chi connectivity index (χ3v) is 3.05. The predicted molar refractivity (Wildman–Crippen MR) is 48.3 cm³/mol. The minimum Gasteiger partial charge on any atom is -0.396 e. The minimum absolute atomic E-state index is 0.538. The van der Waals surface area contributed by atoms with Gasteiger partial charge in [-0.25, -0.2) is 0 Å². The van der Waals surface area contributed by atoms with Gasteiger partial charge in [-0.2, -0.15) is 5.06 Å². The number of aliphatic hydroxyl groups excluding tert-OH is 4. The van der Waals surface area contributed by atoms with Gasteiger partial charge in [-0.1, -0.05) is 0 Å². The van der Waals surface area contributed by atoms with Crippen LogP contribution in [0, 0.1) is 5.92 Å². The van der Waals surface area contributed by atoms with Crippen molar-refractivity contribution in [3.8, 4) is 0 Å². The van der Waals surface area contributed by atoms with Gasteiger partial charge in [-0.3, -0.25) is 4.84 Å². The Morgan fingerprint density at radius 2 is 2.00 bits per heavy atom. The molecule has 7 heteroatoms. The number of aliphatic hydroxyl groups is 5. The molecule has 0 aromatic rings. The van der Waals surface area contributed by atoms with Crippen molar-refractivity contribution >= 4 is 0 Å². The fourth-order valence-electron chi connectivity index (χ4n) is 1.86. The van der Waals surface area contributed by atoms with Gasteiger partial charge in [0.05, 0.1) is 19.8 Å². The van der Waals surface area contributed by atoms with Gasteiger partial charge in [-0.05, 0) is 0 Å². The van der Waals surface area contributed by atoms with Crippen LogP contribution in [0.25, 0.3) is 0 Å². The molecule has 3 unspecified atom stereocenters. The second-order valence-corrected chi connectivity index (χ2v) is 3.71. The predicted octanol–water partition coefficient (Wildman–Crippen LogP) is -3.13. The third kappa shape index (κ3) is 1.66. The molecule has 0 aliphatic heterocycles. The molecule has 0 saturated heterocycles. The SMILES string of the molecule is CON(C)[C@H](O)C1(O)C(O)[C@@H](O)C1CO. The van der Waals surface area contributed by atoms with Crippen LogP contribution in [-0.4, -0.2) is 75.4 Å². The van der Waals surface area contributed by atoms with Crippen molar-refractivity contribution < 1.29 is 30.4 Å². The molecule has 1 aliphatic rings. The Kier molecular flexibility index (Phi) is 3.67. The molecule has 5 atom stereocenters. The maximum absolute atomic E-state index is 9.94. The highest BCUT2D eigenvalue weighted by Gasteiger charge is 2.65. The van der Waals surface area contributed by atoms with Gasteiger partial charge in [0.2, 0.25) is 0 Å². The Bertz CT molecular complexity index is 227. The largest absolute Gasteiger partial charge is 0.396 e. The Balaban J connectivity index is 2.81. The second kappa shape index (κ2) is 4.30. The molecule has 1 aliphatic carbocycles. The Labute approximate surface area is 87.1 Å². The number of nitrogens with zero attached hydrogens (tertiary/aromatic N) is 1. The highest BCUT2D eigenvalue weighted by molar-refractivity contribution is 5.12. The van der Waals surface area contributed by atoms with Crippen LogP contribution in [0.4, 0.5) is 0 Å². The van der Waals surface area contributed by atoms with Gasteiger partial charge in [0.1, 0.15) is 11.7 Å². The van der Waals surface area contributed by atoms with Crippen molar-refractivity contribution in [1.29, 1.82) is 0 Å². The van der Waals surface area contributed by atoms with Crippen LogP contribution in [0.15, 0.2) is 0 Å². The number of hydroxylamine groups is 2. The van der Waals surface area contributed by atoms with E-state index < -0.39 is 36.6 Å². The lowest BCUT2D eigenvalue weighted by atomic mass is 9.63. The van der Waals surface area contributed by atoms with Crippen LogP contribution >= 0.6 is 0 Å². The zero-order valence-electron chi connectivity index (χ0n) is 8.61. The van der Waals surface area contributed by atoms with Crippen molar-refractivity contribution in [1.82, 2.24) is 5.06 Å². The normalized spacial score (nSPS) is 42.8. The number of hydrogen-bond donors (Lipinski definition) is 5. The van der Waals surface area contributed by atoms with Crippen molar-refractivity contribution in [2.24, 2.45) is 5.92 Å². The van der Waals surface area contributed by atoms with Gasteiger partial charge in [0.15, 0.2) is 6.23 Å². The van der Waals surface area contributed by atoms with Crippen molar-refractivity contribution in [3.05, 3.63) is 0 Å². The second-order valence-electron chi connectivity index (χ2n) is 3.71. The molecule has 0 radical (unpaired) electrons. The van der Waals surface area contributed by atoms with Crippen LogP contribution in [0.3, 0.4) is 0 Å². The third-order valence-electron chi connectivity index (χ3n) is 3.05. The zero-order chi connectivity index (χ0) is 11.8. The standard InChI is InChI=1S/C8H17NO6/c1-9(15-2)7(13)8(14)4(3-10)5(11)6(8)12/h4-7,10-14H,3H2,1-2H3/t4?,5-,6?,7+,8?/m0/s1. The smallest absolute Gasteiger partial charge is 0.161 e. The molecule has 1 fully saturated rings. The van der Waals surface area contributed by atoms with Gasteiger partial charge in [0.25, 0.3) is 0 Å². The topological polar surface area (TPSA) is 114 Å². The molecule has 0 aromatic carbocycles.